The summed E-state index contributed by atoms with van der Waals surface area (Å²) in [5.41, 5.74) is 5.35. The maximum absolute atomic E-state index is 13.1. The van der Waals surface area contributed by atoms with Crippen LogP contribution >= 0.6 is 0 Å². The second-order valence-corrected chi connectivity index (χ2v) is 8.41. The fourth-order valence-corrected chi connectivity index (χ4v) is 4.32. The summed E-state index contributed by atoms with van der Waals surface area (Å²) in [6, 6.07) is 12.0. The number of nitrogens with one attached hydrogen (secondary N) is 2. The molecule has 2 atom stereocenters. The van der Waals surface area contributed by atoms with E-state index in [1.807, 2.05) is 55.1 Å². The number of amides is 1. The molecule has 0 spiro atoms. The van der Waals surface area contributed by atoms with Crippen molar-refractivity contribution in [2.75, 3.05) is 6.61 Å². The van der Waals surface area contributed by atoms with E-state index in [0.29, 0.717) is 11.2 Å². The molecule has 164 valence electrons. The second kappa shape index (κ2) is 8.59. The number of aromatic nitrogens is 4. The van der Waals surface area contributed by atoms with Crippen LogP contribution in [0.2, 0.25) is 0 Å². The van der Waals surface area contributed by atoms with Crippen molar-refractivity contribution < 1.29 is 9.53 Å². The minimum Gasteiger partial charge on any atom is -0.356 e. The minimum absolute atomic E-state index is 0.0615. The first-order valence-electron chi connectivity index (χ1n) is 11.1. The number of ether oxygens (including phenoxy) is 1. The summed E-state index contributed by atoms with van der Waals surface area (Å²) >= 11 is 0. The first-order chi connectivity index (χ1) is 15.6. The highest BCUT2D eigenvalue weighted by Crippen LogP contribution is 2.30. The number of aromatic amines is 1. The maximum atomic E-state index is 13.1. The van der Waals surface area contributed by atoms with Gasteiger partial charge in [-0.1, -0.05) is 29.8 Å². The molecule has 1 saturated heterocycles. The molecule has 0 bridgehead atoms. The lowest BCUT2D eigenvalue weighted by Gasteiger charge is -2.24. The highest BCUT2D eigenvalue weighted by Gasteiger charge is 2.21. The summed E-state index contributed by atoms with van der Waals surface area (Å²) in [6.07, 6.45) is 8.41. The fourth-order valence-electron chi connectivity index (χ4n) is 4.32. The molecule has 1 unspecified atom stereocenters. The smallest absolute Gasteiger partial charge is 0.253 e. The molecule has 7 nitrogen and oxygen atoms in total. The predicted molar refractivity (Wildman–Crippen MR) is 123 cm³/mol. The molecule has 2 N–H and O–H groups in total. The van der Waals surface area contributed by atoms with Crippen molar-refractivity contribution in [1.29, 1.82) is 0 Å². The number of hydrogen-bond donors (Lipinski definition) is 2. The largest absolute Gasteiger partial charge is 0.356 e. The summed E-state index contributed by atoms with van der Waals surface area (Å²) in [7, 11) is 0. The van der Waals surface area contributed by atoms with E-state index in [1.165, 1.54) is 5.56 Å². The van der Waals surface area contributed by atoms with Crippen LogP contribution in [0.3, 0.4) is 0 Å². The number of aryl methyl sites for hydroxylation is 1. The number of hydrogen-bond acceptors (Lipinski definition) is 4. The van der Waals surface area contributed by atoms with Crippen LogP contribution in [0.25, 0.3) is 22.3 Å². The predicted octanol–water partition coefficient (Wildman–Crippen LogP) is 4.92. The third-order valence-corrected chi connectivity index (χ3v) is 6.06. The minimum atomic E-state index is -0.131. The zero-order valence-corrected chi connectivity index (χ0v) is 18.3. The Labute approximate surface area is 186 Å². The van der Waals surface area contributed by atoms with Crippen molar-refractivity contribution in [3.8, 4) is 11.3 Å². The van der Waals surface area contributed by atoms with Crippen LogP contribution in [-0.2, 0) is 4.74 Å². The molecule has 1 aromatic carbocycles. The van der Waals surface area contributed by atoms with Gasteiger partial charge >= 0.3 is 0 Å². The van der Waals surface area contributed by atoms with Crippen molar-refractivity contribution in [1.82, 2.24) is 25.1 Å². The molecular weight excluding hydrogens is 402 g/mol. The Morgan fingerprint density at radius 3 is 3.00 bits per heavy atom. The third-order valence-electron chi connectivity index (χ3n) is 6.06. The highest BCUT2D eigenvalue weighted by molar-refractivity contribution is 6.06. The number of benzene rings is 1. The Morgan fingerprint density at radius 1 is 1.28 bits per heavy atom. The van der Waals surface area contributed by atoms with Gasteiger partial charge < -0.3 is 15.0 Å². The summed E-state index contributed by atoms with van der Waals surface area (Å²) in [4.78, 5) is 20.8. The number of pyridine rings is 1. The number of carbonyl (C=O) groups is 1. The van der Waals surface area contributed by atoms with Gasteiger partial charge in [0, 0.05) is 36.1 Å². The Bertz CT molecular complexity index is 1250. The highest BCUT2D eigenvalue weighted by atomic mass is 16.5. The Balaban J connectivity index is 1.43. The lowest BCUT2D eigenvalue weighted by molar-refractivity contribution is -0.0383. The van der Waals surface area contributed by atoms with Gasteiger partial charge in [0.15, 0.2) is 6.23 Å². The monoisotopic (exact) mass is 429 g/mol. The summed E-state index contributed by atoms with van der Waals surface area (Å²) in [6.45, 7) is 4.80. The first kappa shape index (κ1) is 20.5. The number of nitrogens with zero attached hydrogens (tertiary/aromatic N) is 3. The molecule has 0 radical (unpaired) electrons. The van der Waals surface area contributed by atoms with Gasteiger partial charge in [-0.2, -0.15) is 5.10 Å². The van der Waals surface area contributed by atoms with Gasteiger partial charge in [0.25, 0.3) is 5.91 Å². The lowest BCUT2D eigenvalue weighted by atomic mass is 10.0. The van der Waals surface area contributed by atoms with E-state index in [0.717, 1.165) is 48.1 Å². The fraction of sp³-hybridized carbons (Fsp3) is 0.320. The molecule has 1 fully saturated rings. The third kappa shape index (κ3) is 3.91. The zero-order chi connectivity index (χ0) is 22.1. The van der Waals surface area contributed by atoms with Gasteiger partial charge in [0.2, 0.25) is 0 Å². The maximum Gasteiger partial charge on any atom is 0.253 e. The van der Waals surface area contributed by atoms with Gasteiger partial charge in [-0.05, 0) is 50.8 Å². The Morgan fingerprint density at radius 2 is 2.19 bits per heavy atom. The zero-order valence-electron chi connectivity index (χ0n) is 18.3. The van der Waals surface area contributed by atoms with E-state index in [9.17, 15) is 4.79 Å². The molecule has 3 aromatic heterocycles. The molecule has 7 heteroatoms. The van der Waals surface area contributed by atoms with E-state index in [1.54, 1.807) is 12.4 Å². The van der Waals surface area contributed by atoms with Crippen molar-refractivity contribution in [3.05, 3.63) is 71.7 Å². The molecule has 1 aliphatic rings. The lowest BCUT2D eigenvalue weighted by Crippen LogP contribution is -2.26. The first-order valence-corrected chi connectivity index (χ1v) is 11.1. The van der Waals surface area contributed by atoms with Crippen LogP contribution in [0.15, 0.2) is 55.0 Å². The van der Waals surface area contributed by atoms with Gasteiger partial charge in [-0.15, -0.1) is 0 Å². The van der Waals surface area contributed by atoms with Crippen molar-refractivity contribution in [2.45, 2.75) is 45.4 Å². The molecule has 0 saturated carbocycles. The summed E-state index contributed by atoms with van der Waals surface area (Å²) in [5.74, 6) is -0.131. The average molecular weight is 430 g/mol. The van der Waals surface area contributed by atoms with E-state index >= 15 is 0 Å². The Kier molecular flexibility index (Phi) is 5.49. The second-order valence-electron chi connectivity index (χ2n) is 8.41. The molecule has 5 rings (SSSR count). The van der Waals surface area contributed by atoms with Gasteiger partial charge in [-0.25, -0.2) is 9.67 Å². The molecule has 0 aliphatic carbocycles. The van der Waals surface area contributed by atoms with Crippen molar-refractivity contribution in [3.63, 3.8) is 0 Å². The van der Waals surface area contributed by atoms with E-state index in [4.69, 9.17) is 4.74 Å². The van der Waals surface area contributed by atoms with Gasteiger partial charge in [0.05, 0.1) is 17.3 Å². The molecule has 4 heterocycles. The van der Waals surface area contributed by atoms with Crippen LogP contribution in [0, 0.1) is 6.92 Å². The standard InChI is InChI=1S/C25H27N5O2/c1-16-6-5-7-18(12-16)17(2)29-25(31)21-15-27-24-20(21)13-19(14-26-24)22-9-10-28-30(22)23-8-3-4-11-32-23/h5-7,9-10,12-15,17,23H,3-4,8,11H2,1-2H3,(H,26,27)(H,29,31)/t17-,23?/m0/s1. The van der Waals surface area contributed by atoms with E-state index in [2.05, 4.69) is 26.4 Å². The number of carbonyl (C=O) groups excluding carboxylic acids is 1. The summed E-state index contributed by atoms with van der Waals surface area (Å²) in [5, 5.41) is 8.40. The SMILES string of the molecule is Cc1cccc([C@H](C)NC(=O)c2c[nH]c3ncc(-c4ccnn4C4CCCCO4)cc23)c1. The summed E-state index contributed by atoms with van der Waals surface area (Å²) < 4.78 is 7.85. The number of rotatable bonds is 5. The molecule has 32 heavy (non-hydrogen) atoms. The number of H-pyrrole nitrogens is 1. The average Bonchev–Trinajstić information content (AvgIpc) is 3.46. The topological polar surface area (TPSA) is 84.8 Å². The van der Waals surface area contributed by atoms with Crippen LogP contribution in [0.5, 0.6) is 0 Å². The Hall–Kier alpha value is -3.45. The van der Waals surface area contributed by atoms with E-state index < -0.39 is 0 Å². The van der Waals surface area contributed by atoms with Crippen LogP contribution in [0.4, 0.5) is 0 Å². The quantitative estimate of drug-likeness (QED) is 0.471. The van der Waals surface area contributed by atoms with Crippen LogP contribution < -0.4 is 5.32 Å². The van der Waals surface area contributed by atoms with Gasteiger partial charge in [0.1, 0.15) is 5.65 Å². The molecular formula is C25H27N5O2. The molecule has 1 aliphatic heterocycles. The van der Waals surface area contributed by atoms with Crippen molar-refractivity contribution >= 4 is 16.9 Å². The van der Waals surface area contributed by atoms with Crippen LogP contribution in [0.1, 0.15) is 59.9 Å². The normalized spacial score (nSPS) is 17.4. The van der Waals surface area contributed by atoms with Crippen molar-refractivity contribution in [2.24, 2.45) is 0 Å². The van der Waals surface area contributed by atoms with Crippen LogP contribution in [-0.4, -0.2) is 32.3 Å². The molecule has 1 amide bonds. The number of fused-ring (bicyclic) bond motifs is 1. The van der Waals surface area contributed by atoms with Gasteiger partial charge in [-0.3, -0.25) is 4.79 Å². The van der Waals surface area contributed by atoms with E-state index in [-0.39, 0.29) is 18.2 Å². The molecule has 4 aromatic rings.